The Kier molecular flexibility index (Phi) is 3.95. The smallest absolute Gasteiger partial charge is 0.246 e. The first-order valence-corrected chi connectivity index (χ1v) is 9.62. The zero-order chi connectivity index (χ0) is 16.7. The van der Waals surface area contributed by atoms with E-state index in [-0.39, 0.29) is 22.7 Å². The Morgan fingerprint density at radius 1 is 1.17 bits per heavy atom. The number of hydrogen-bond acceptors (Lipinski definition) is 4. The van der Waals surface area contributed by atoms with Gasteiger partial charge in [-0.15, -0.1) is 11.8 Å². The van der Waals surface area contributed by atoms with Crippen LogP contribution in [-0.2, 0) is 9.59 Å². The molecule has 0 spiro atoms. The molecule has 2 atom stereocenters. The number of benzene rings is 1. The van der Waals surface area contributed by atoms with Crippen LogP contribution in [0.3, 0.4) is 0 Å². The van der Waals surface area contributed by atoms with Crippen LogP contribution in [0.15, 0.2) is 30.3 Å². The fraction of sp³-hybridized carbons (Fsp3) is 0.556. The Morgan fingerprint density at radius 3 is 2.58 bits per heavy atom. The highest BCUT2D eigenvalue weighted by molar-refractivity contribution is 8.01. The summed E-state index contributed by atoms with van der Waals surface area (Å²) in [5.74, 6) is 1.01. The molecule has 6 heteroatoms. The fourth-order valence-corrected chi connectivity index (χ4v) is 5.46. The van der Waals surface area contributed by atoms with Crippen molar-refractivity contribution in [3.05, 3.63) is 30.3 Å². The van der Waals surface area contributed by atoms with E-state index < -0.39 is 0 Å². The topological polar surface area (TPSA) is 43.9 Å². The summed E-state index contributed by atoms with van der Waals surface area (Å²) in [6.07, 6.45) is 1.44. The molecule has 5 nitrogen and oxygen atoms in total. The molecule has 0 bridgehead atoms. The molecule has 0 unspecified atom stereocenters. The summed E-state index contributed by atoms with van der Waals surface area (Å²) in [6.45, 7) is 5.26. The number of amides is 2. The van der Waals surface area contributed by atoms with Gasteiger partial charge >= 0.3 is 0 Å². The number of para-hydroxylation sites is 1. The van der Waals surface area contributed by atoms with Crippen LogP contribution in [0.25, 0.3) is 0 Å². The molecule has 1 aromatic rings. The molecule has 3 aliphatic heterocycles. The average Bonchev–Trinajstić information content (AvgIpc) is 3.11. The third-order valence-corrected chi connectivity index (χ3v) is 6.95. The van der Waals surface area contributed by atoms with Crippen molar-refractivity contribution >= 4 is 29.3 Å². The van der Waals surface area contributed by atoms with Crippen LogP contribution in [0.4, 0.5) is 5.69 Å². The maximum absolute atomic E-state index is 13.0. The highest BCUT2D eigenvalue weighted by Crippen LogP contribution is 2.47. The number of carbonyl (C=O) groups is 2. The molecule has 3 aliphatic rings. The van der Waals surface area contributed by atoms with Gasteiger partial charge in [0.2, 0.25) is 11.8 Å². The van der Waals surface area contributed by atoms with Crippen LogP contribution in [0.2, 0.25) is 0 Å². The zero-order valence-electron chi connectivity index (χ0n) is 14.0. The van der Waals surface area contributed by atoms with Crippen molar-refractivity contribution in [3.63, 3.8) is 0 Å². The van der Waals surface area contributed by atoms with Crippen molar-refractivity contribution in [2.45, 2.75) is 30.7 Å². The van der Waals surface area contributed by atoms with Crippen LogP contribution in [-0.4, -0.2) is 64.5 Å². The van der Waals surface area contributed by atoms with E-state index in [1.165, 1.54) is 5.69 Å². The summed E-state index contributed by atoms with van der Waals surface area (Å²) >= 11 is 1.76. The molecule has 0 radical (unpaired) electrons. The molecule has 0 saturated carbocycles. The van der Waals surface area contributed by atoms with Gasteiger partial charge in [0.15, 0.2) is 0 Å². The van der Waals surface area contributed by atoms with E-state index in [1.54, 1.807) is 11.8 Å². The van der Waals surface area contributed by atoms with E-state index in [2.05, 4.69) is 24.0 Å². The summed E-state index contributed by atoms with van der Waals surface area (Å²) in [5, 5.41) is 0. The lowest BCUT2D eigenvalue weighted by Gasteiger charge is -2.39. The SMILES string of the molecule is C[C@]12CCC(=O)N1[C@@H](C(=O)N1CCN(c3ccccc3)CC1)CS2. The molecule has 4 rings (SSSR count). The van der Waals surface area contributed by atoms with Gasteiger partial charge in [-0.2, -0.15) is 0 Å². The van der Waals surface area contributed by atoms with Gasteiger partial charge in [0.25, 0.3) is 0 Å². The Labute approximate surface area is 147 Å². The van der Waals surface area contributed by atoms with Gasteiger partial charge in [0.1, 0.15) is 6.04 Å². The quantitative estimate of drug-likeness (QED) is 0.820. The summed E-state index contributed by atoms with van der Waals surface area (Å²) in [7, 11) is 0. The molecule has 0 aromatic heterocycles. The minimum Gasteiger partial charge on any atom is -0.368 e. The van der Waals surface area contributed by atoms with E-state index in [0.29, 0.717) is 6.42 Å². The molecule has 0 N–H and O–H groups in total. The number of nitrogens with zero attached hydrogens (tertiary/aromatic N) is 3. The Balaban J connectivity index is 1.41. The van der Waals surface area contributed by atoms with E-state index >= 15 is 0 Å². The Morgan fingerprint density at radius 2 is 1.88 bits per heavy atom. The van der Waals surface area contributed by atoms with Crippen LogP contribution in [0.1, 0.15) is 19.8 Å². The second-order valence-corrected chi connectivity index (χ2v) is 8.41. The first-order valence-electron chi connectivity index (χ1n) is 8.63. The maximum Gasteiger partial charge on any atom is 0.246 e. The molecule has 3 heterocycles. The van der Waals surface area contributed by atoms with Crippen LogP contribution < -0.4 is 4.90 Å². The van der Waals surface area contributed by atoms with Crippen molar-refractivity contribution in [2.24, 2.45) is 0 Å². The van der Waals surface area contributed by atoms with Crippen molar-refractivity contribution in [1.29, 1.82) is 0 Å². The highest BCUT2D eigenvalue weighted by Gasteiger charge is 2.53. The normalized spacial score (nSPS) is 30.0. The number of hydrogen-bond donors (Lipinski definition) is 0. The molecule has 3 fully saturated rings. The number of fused-ring (bicyclic) bond motifs is 1. The predicted octanol–water partition coefficient (Wildman–Crippen LogP) is 1.79. The first kappa shape index (κ1) is 15.8. The molecular formula is C18H23N3O2S. The molecule has 2 amide bonds. The van der Waals surface area contributed by atoms with Gasteiger partial charge in [0, 0.05) is 44.0 Å². The van der Waals surface area contributed by atoms with Gasteiger partial charge in [-0.05, 0) is 25.5 Å². The number of anilines is 1. The lowest BCUT2D eigenvalue weighted by atomic mass is 10.1. The number of rotatable bonds is 2. The summed E-state index contributed by atoms with van der Waals surface area (Å²) in [5.41, 5.74) is 1.21. The highest BCUT2D eigenvalue weighted by atomic mass is 32.2. The molecular weight excluding hydrogens is 322 g/mol. The first-order chi connectivity index (χ1) is 11.6. The van der Waals surface area contributed by atoms with Gasteiger partial charge in [-0.25, -0.2) is 0 Å². The van der Waals surface area contributed by atoms with Crippen molar-refractivity contribution in [2.75, 3.05) is 36.8 Å². The lowest BCUT2D eigenvalue weighted by molar-refractivity contribution is -0.143. The Hall–Kier alpha value is -1.69. The third-order valence-electron chi connectivity index (χ3n) is 5.44. The monoisotopic (exact) mass is 345 g/mol. The maximum atomic E-state index is 13.0. The van der Waals surface area contributed by atoms with Crippen molar-refractivity contribution < 1.29 is 9.59 Å². The van der Waals surface area contributed by atoms with Crippen molar-refractivity contribution in [1.82, 2.24) is 9.80 Å². The number of carbonyl (C=O) groups excluding carboxylic acids is 2. The number of piperazine rings is 1. The molecule has 3 saturated heterocycles. The van der Waals surface area contributed by atoms with Crippen LogP contribution in [0, 0.1) is 0 Å². The predicted molar refractivity (Wildman–Crippen MR) is 96.0 cm³/mol. The largest absolute Gasteiger partial charge is 0.368 e. The van der Waals surface area contributed by atoms with E-state index in [4.69, 9.17) is 0 Å². The third kappa shape index (κ3) is 2.57. The van der Waals surface area contributed by atoms with Gasteiger partial charge in [-0.1, -0.05) is 18.2 Å². The summed E-state index contributed by atoms with van der Waals surface area (Å²) < 4.78 is 0. The summed E-state index contributed by atoms with van der Waals surface area (Å²) in [4.78, 5) is 31.2. The average molecular weight is 345 g/mol. The molecule has 128 valence electrons. The van der Waals surface area contributed by atoms with Gasteiger partial charge in [-0.3, -0.25) is 9.59 Å². The minimum atomic E-state index is -0.265. The van der Waals surface area contributed by atoms with E-state index in [0.717, 1.165) is 38.4 Å². The summed E-state index contributed by atoms with van der Waals surface area (Å²) in [6, 6.07) is 10.1. The fourth-order valence-electron chi connectivity index (χ4n) is 4.04. The molecule has 24 heavy (non-hydrogen) atoms. The van der Waals surface area contributed by atoms with Crippen LogP contribution in [0.5, 0.6) is 0 Å². The van der Waals surface area contributed by atoms with Crippen LogP contribution >= 0.6 is 11.8 Å². The van der Waals surface area contributed by atoms with Gasteiger partial charge in [0.05, 0.1) is 4.87 Å². The number of thioether (sulfide) groups is 1. The Bertz CT molecular complexity index is 645. The van der Waals surface area contributed by atoms with Crippen molar-refractivity contribution in [3.8, 4) is 0 Å². The van der Waals surface area contributed by atoms with Gasteiger partial charge < -0.3 is 14.7 Å². The van der Waals surface area contributed by atoms with E-state index in [1.807, 2.05) is 28.0 Å². The van der Waals surface area contributed by atoms with E-state index in [9.17, 15) is 9.59 Å². The lowest BCUT2D eigenvalue weighted by Crippen LogP contribution is -2.56. The second-order valence-electron chi connectivity index (χ2n) is 6.91. The molecule has 1 aromatic carbocycles. The standard InChI is InChI=1S/C18H23N3O2S/c1-18-8-7-16(22)21(18)15(13-24-18)17(23)20-11-9-19(10-12-20)14-5-3-2-4-6-14/h2-6,15H,7-13H2,1H3/t15-,18+/m1/s1. The zero-order valence-corrected chi connectivity index (χ0v) is 14.8. The molecule has 0 aliphatic carbocycles. The minimum absolute atomic E-state index is 0.134. The second kappa shape index (κ2) is 5.99.